The molecule has 1 amide bonds. The molecule has 1 unspecified atom stereocenters. The fraction of sp³-hybridized carbons (Fsp3) is 0.304. The summed E-state index contributed by atoms with van der Waals surface area (Å²) in [5, 5.41) is 4.39. The van der Waals surface area contributed by atoms with E-state index in [0.29, 0.717) is 37.7 Å². The normalized spacial score (nSPS) is 15.4. The SMILES string of the molecule is CC(C(=O)N1CCN(c2ccc(C(F)(F)F)cn2)CC1)n1nc(-c2ccccc2)ccc1=O. The largest absolute Gasteiger partial charge is 0.417 e. The van der Waals surface area contributed by atoms with Gasteiger partial charge in [-0.05, 0) is 25.1 Å². The van der Waals surface area contributed by atoms with Gasteiger partial charge >= 0.3 is 6.18 Å². The van der Waals surface area contributed by atoms with Crippen LogP contribution in [0.15, 0.2) is 65.6 Å². The quantitative estimate of drug-likeness (QED) is 0.602. The highest BCUT2D eigenvalue weighted by Crippen LogP contribution is 2.29. The molecule has 7 nitrogen and oxygen atoms in total. The topological polar surface area (TPSA) is 71.3 Å². The van der Waals surface area contributed by atoms with Gasteiger partial charge in [0.2, 0.25) is 5.91 Å². The Bertz CT molecular complexity index is 1170. The first-order valence-corrected chi connectivity index (χ1v) is 10.5. The minimum atomic E-state index is -4.43. The lowest BCUT2D eigenvalue weighted by atomic mass is 10.1. The number of anilines is 1. The van der Waals surface area contributed by atoms with Crippen molar-refractivity contribution in [2.24, 2.45) is 0 Å². The first kappa shape index (κ1) is 22.5. The van der Waals surface area contributed by atoms with E-state index in [1.54, 1.807) is 17.9 Å². The predicted molar refractivity (Wildman–Crippen MR) is 117 cm³/mol. The van der Waals surface area contributed by atoms with E-state index in [1.165, 1.54) is 16.8 Å². The second-order valence-corrected chi connectivity index (χ2v) is 7.76. The zero-order valence-corrected chi connectivity index (χ0v) is 17.9. The van der Waals surface area contributed by atoms with Gasteiger partial charge < -0.3 is 9.80 Å². The van der Waals surface area contributed by atoms with Crippen molar-refractivity contribution in [2.75, 3.05) is 31.1 Å². The molecule has 1 fully saturated rings. The van der Waals surface area contributed by atoms with Crippen LogP contribution in [0.25, 0.3) is 11.3 Å². The van der Waals surface area contributed by atoms with Crippen LogP contribution in [0.4, 0.5) is 19.0 Å². The van der Waals surface area contributed by atoms with Crippen molar-refractivity contribution < 1.29 is 18.0 Å². The van der Waals surface area contributed by atoms with Crippen LogP contribution < -0.4 is 10.5 Å². The highest BCUT2D eigenvalue weighted by atomic mass is 19.4. The second kappa shape index (κ2) is 9.05. The van der Waals surface area contributed by atoms with Crippen LogP contribution in [-0.2, 0) is 11.0 Å². The number of carbonyl (C=O) groups excluding carboxylic acids is 1. The van der Waals surface area contributed by atoms with Crippen LogP contribution in [-0.4, -0.2) is 51.8 Å². The van der Waals surface area contributed by atoms with Gasteiger partial charge in [-0.15, -0.1) is 0 Å². The predicted octanol–water partition coefficient (Wildman–Crippen LogP) is 3.23. The van der Waals surface area contributed by atoms with E-state index >= 15 is 0 Å². The maximum atomic E-state index is 13.1. The van der Waals surface area contributed by atoms with Gasteiger partial charge in [-0.3, -0.25) is 9.59 Å². The van der Waals surface area contributed by atoms with Gasteiger partial charge in [0.05, 0.1) is 11.3 Å². The standard InChI is InChI=1S/C23H22F3N5O2/c1-16(31-21(32)10-8-19(28-31)17-5-3-2-4-6-17)22(33)30-13-11-29(12-14-30)20-9-7-18(15-27-20)23(24,25)26/h2-10,15-16H,11-14H2,1H3. The van der Waals surface area contributed by atoms with Crippen LogP contribution in [0.5, 0.6) is 0 Å². The molecular weight excluding hydrogens is 435 g/mol. The average Bonchev–Trinajstić information content (AvgIpc) is 2.84. The zero-order valence-electron chi connectivity index (χ0n) is 17.9. The van der Waals surface area contributed by atoms with Crippen LogP contribution in [0.3, 0.4) is 0 Å². The second-order valence-electron chi connectivity index (χ2n) is 7.76. The number of benzene rings is 1. The van der Waals surface area contributed by atoms with E-state index < -0.39 is 17.8 Å². The molecule has 0 N–H and O–H groups in total. The van der Waals surface area contributed by atoms with Gasteiger partial charge in [0.15, 0.2) is 0 Å². The third-order valence-corrected chi connectivity index (χ3v) is 5.61. The van der Waals surface area contributed by atoms with Gasteiger partial charge in [-0.25, -0.2) is 9.67 Å². The lowest BCUT2D eigenvalue weighted by molar-refractivity contribution is -0.138. The maximum absolute atomic E-state index is 13.1. The van der Waals surface area contributed by atoms with E-state index in [0.717, 1.165) is 17.8 Å². The molecule has 0 saturated carbocycles. The lowest BCUT2D eigenvalue weighted by Crippen LogP contribution is -2.51. The molecule has 1 atom stereocenters. The average molecular weight is 457 g/mol. The highest BCUT2D eigenvalue weighted by molar-refractivity contribution is 5.80. The van der Waals surface area contributed by atoms with Crippen molar-refractivity contribution in [3.8, 4) is 11.3 Å². The number of alkyl halides is 3. The molecule has 0 aliphatic carbocycles. The summed E-state index contributed by atoms with van der Waals surface area (Å²) >= 11 is 0. The fourth-order valence-corrected chi connectivity index (χ4v) is 3.73. The number of aromatic nitrogens is 3. The van der Waals surface area contributed by atoms with Crippen molar-refractivity contribution >= 4 is 11.7 Å². The third-order valence-electron chi connectivity index (χ3n) is 5.61. The van der Waals surface area contributed by atoms with Gasteiger partial charge in [-0.1, -0.05) is 30.3 Å². The summed E-state index contributed by atoms with van der Waals surface area (Å²) in [7, 11) is 0. The molecule has 0 spiro atoms. The molecular formula is C23H22F3N5O2. The van der Waals surface area contributed by atoms with E-state index in [1.807, 2.05) is 35.2 Å². The molecule has 172 valence electrons. The van der Waals surface area contributed by atoms with Crippen molar-refractivity contribution in [2.45, 2.75) is 19.1 Å². The molecule has 0 radical (unpaired) electrons. The summed E-state index contributed by atoms with van der Waals surface area (Å²) < 4.78 is 39.4. The molecule has 10 heteroatoms. The summed E-state index contributed by atoms with van der Waals surface area (Å²) in [5.74, 6) is 0.187. The lowest BCUT2D eigenvalue weighted by Gasteiger charge is -2.36. The Hall–Kier alpha value is -3.69. The van der Waals surface area contributed by atoms with Crippen LogP contribution in [0.2, 0.25) is 0 Å². The zero-order chi connectivity index (χ0) is 23.6. The van der Waals surface area contributed by atoms with Crippen LogP contribution in [0.1, 0.15) is 18.5 Å². The smallest absolute Gasteiger partial charge is 0.353 e. The Balaban J connectivity index is 1.43. The Morgan fingerprint density at radius 3 is 2.27 bits per heavy atom. The summed E-state index contributed by atoms with van der Waals surface area (Å²) in [4.78, 5) is 32.8. The summed E-state index contributed by atoms with van der Waals surface area (Å²) in [6.45, 7) is 3.19. The number of hydrogen-bond acceptors (Lipinski definition) is 5. The fourth-order valence-electron chi connectivity index (χ4n) is 3.73. The number of carbonyl (C=O) groups is 1. The molecule has 1 aliphatic rings. The molecule has 1 aliphatic heterocycles. The number of rotatable bonds is 4. The molecule has 3 aromatic rings. The van der Waals surface area contributed by atoms with Crippen molar-refractivity contribution in [3.05, 3.63) is 76.7 Å². The number of hydrogen-bond donors (Lipinski definition) is 0. The van der Waals surface area contributed by atoms with Crippen molar-refractivity contribution in [1.82, 2.24) is 19.7 Å². The monoisotopic (exact) mass is 457 g/mol. The minimum absolute atomic E-state index is 0.241. The van der Waals surface area contributed by atoms with E-state index in [9.17, 15) is 22.8 Å². The van der Waals surface area contributed by atoms with Crippen molar-refractivity contribution in [1.29, 1.82) is 0 Å². The Morgan fingerprint density at radius 1 is 0.970 bits per heavy atom. The number of halogens is 3. The first-order chi connectivity index (χ1) is 15.7. The van der Waals surface area contributed by atoms with Crippen molar-refractivity contribution in [3.63, 3.8) is 0 Å². The molecule has 2 aromatic heterocycles. The molecule has 4 rings (SSSR count). The Labute approximate surface area is 188 Å². The maximum Gasteiger partial charge on any atom is 0.417 e. The number of nitrogens with zero attached hydrogens (tertiary/aromatic N) is 5. The van der Waals surface area contributed by atoms with Gasteiger partial charge in [0.1, 0.15) is 11.9 Å². The van der Waals surface area contributed by atoms with E-state index in [2.05, 4.69) is 10.1 Å². The Morgan fingerprint density at radius 2 is 1.67 bits per heavy atom. The molecule has 33 heavy (non-hydrogen) atoms. The molecule has 0 bridgehead atoms. The summed E-state index contributed by atoms with van der Waals surface area (Å²) in [6, 6.07) is 13.9. The van der Waals surface area contributed by atoms with Crippen LogP contribution in [0, 0.1) is 0 Å². The molecule has 1 aromatic carbocycles. The summed E-state index contributed by atoms with van der Waals surface area (Å²) in [6.07, 6.45) is -3.62. The van der Waals surface area contributed by atoms with E-state index in [4.69, 9.17) is 0 Å². The molecule has 3 heterocycles. The summed E-state index contributed by atoms with van der Waals surface area (Å²) in [5.41, 5.74) is 0.254. The first-order valence-electron chi connectivity index (χ1n) is 10.5. The number of amides is 1. The van der Waals surface area contributed by atoms with E-state index in [-0.39, 0.29) is 11.5 Å². The van der Waals surface area contributed by atoms with Crippen LogP contribution >= 0.6 is 0 Å². The number of pyridine rings is 1. The molecule has 1 saturated heterocycles. The van der Waals surface area contributed by atoms with Gasteiger partial charge in [0.25, 0.3) is 5.56 Å². The van der Waals surface area contributed by atoms with Gasteiger partial charge in [0, 0.05) is 44.0 Å². The number of piperazine rings is 1. The Kier molecular flexibility index (Phi) is 6.17. The minimum Gasteiger partial charge on any atom is -0.353 e. The third kappa shape index (κ3) is 4.89. The highest BCUT2D eigenvalue weighted by Gasteiger charge is 2.31. The van der Waals surface area contributed by atoms with Gasteiger partial charge in [-0.2, -0.15) is 18.3 Å².